The zero-order chi connectivity index (χ0) is 9.46. The van der Waals surface area contributed by atoms with E-state index in [9.17, 15) is 0 Å². The first-order valence-corrected chi connectivity index (χ1v) is 4.62. The molecule has 6 heteroatoms. The number of nitrogens with two attached hydrogens (primary N) is 4. The van der Waals surface area contributed by atoms with Gasteiger partial charge in [-0.1, -0.05) is 0 Å². The van der Waals surface area contributed by atoms with Gasteiger partial charge in [-0.15, -0.1) is 0 Å². The number of rotatable bonds is 0. The van der Waals surface area contributed by atoms with Crippen molar-refractivity contribution in [3.8, 4) is 0 Å². The van der Waals surface area contributed by atoms with Crippen LogP contribution in [-0.2, 0) is 0 Å². The molecule has 4 nitrogen and oxygen atoms in total. The van der Waals surface area contributed by atoms with Gasteiger partial charge in [0.25, 0.3) is 0 Å². The lowest BCUT2D eigenvalue weighted by Crippen LogP contribution is -2.04. The maximum atomic E-state index is 5.61. The molecule has 66 valence electrons. The van der Waals surface area contributed by atoms with Crippen LogP contribution in [0, 0.1) is 0 Å². The molecule has 0 heterocycles. The predicted molar refractivity (Wildman–Crippen MR) is 59.5 cm³/mol. The minimum Gasteiger partial charge on any atom is -0.396 e. The normalized spacial score (nSPS) is 10.2. The third-order valence-corrected chi connectivity index (χ3v) is 3.23. The first-order valence-electron chi connectivity index (χ1n) is 3.03. The van der Waals surface area contributed by atoms with Gasteiger partial charge in [0.2, 0.25) is 0 Å². The van der Waals surface area contributed by atoms with Gasteiger partial charge in [-0.25, -0.2) is 0 Å². The number of benzene rings is 1. The molecule has 0 amide bonds. The SMILES string of the molecule is Nc1c(N)c(Br)c(N)c(N)c1Br. The van der Waals surface area contributed by atoms with Gasteiger partial charge in [0, 0.05) is 0 Å². The summed E-state index contributed by atoms with van der Waals surface area (Å²) in [6.45, 7) is 0. The van der Waals surface area contributed by atoms with E-state index in [2.05, 4.69) is 31.9 Å². The quantitative estimate of drug-likeness (QED) is 0.545. The first-order chi connectivity index (χ1) is 5.46. The largest absolute Gasteiger partial charge is 0.396 e. The zero-order valence-corrected chi connectivity index (χ0v) is 9.24. The van der Waals surface area contributed by atoms with Crippen molar-refractivity contribution < 1.29 is 0 Å². The molecule has 0 aliphatic rings. The molecule has 8 N–H and O–H groups in total. The molecule has 1 aromatic carbocycles. The lowest BCUT2D eigenvalue weighted by Gasteiger charge is -2.11. The number of hydrogen-bond donors (Lipinski definition) is 4. The van der Waals surface area contributed by atoms with Crippen LogP contribution in [-0.4, -0.2) is 0 Å². The van der Waals surface area contributed by atoms with Crippen molar-refractivity contribution >= 4 is 54.6 Å². The van der Waals surface area contributed by atoms with E-state index in [4.69, 9.17) is 22.9 Å². The second-order valence-corrected chi connectivity index (χ2v) is 3.87. The molecule has 0 aromatic heterocycles. The Labute approximate surface area is 86.5 Å². The zero-order valence-electron chi connectivity index (χ0n) is 6.07. The molecule has 0 bridgehead atoms. The second-order valence-electron chi connectivity index (χ2n) is 2.28. The summed E-state index contributed by atoms with van der Waals surface area (Å²) in [7, 11) is 0. The van der Waals surface area contributed by atoms with Gasteiger partial charge in [0.05, 0.1) is 31.7 Å². The molecule has 0 saturated heterocycles. The monoisotopic (exact) mass is 294 g/mol. The Kier molecular flexibility index (Phi) is 2.39. The Morgan fingerprint density at radius 1 is 0.583 bits per heavy atom. The molecule has 0 atom stereocenters. The summed E-state index contributed by atoms with van der Waals surface area (Å²) in [6.07, 6.45) is 0. The van der Waals surface area contributed by atoms with Crippen molar-refractivity contribution in [2.45, 2.75) is 0 Å². The molecule has 0 spiro atoms. The van der Waals surface area contributed by atoms with Crippen molar-refractivity contribution in [2.24, 2.45) is 0 Å². The van der Waals surface area contributed by atoms with Gasteiger partial charge in [-0.05, 0) is 31.9 Å². The van der Waals surface area contributed by atoms with Crippen molar-refractivity contribution in [1.82, 2.24) is 0 Å². The molecule has 0 fully saturated rings. The molecule has 0 saturated carbocycles. The summed E-state index contributed by atoms with van der Waals surface area (Å²) in [5.74, 6) is 0. The third kappa shape index (κ3) is 1.21. The van der Waals surface area contributed by atoms with Gasteiger partial charge in [-0.3, -0.25) is 0 Å². The van der Waals surface area contributed by atoms with Crippen LogP contribution in [0.5, 0.6) is 0 Å². The Morgan fingerprint density at radius 2 is 0.750 bits per heavy atom. The van der Waals surface area contributed by atoms with Gasteiger partial charge in [0.15, 0.2) is 0 Å². The highest BCUT2D eigenvalue weighted by atomic mass is 79.9. The van der Waals surface area contributed by atoms with Crippen molar-refractivity contribution in [3.63, 3.8) is 0 Å². The highest BCUT2D eigenvalue weighted by Crippen LogP contribution is 2.42. The molecule has 0 unspecified atom stereocenters. The van der Waals surface area contributed by atoms with Gasteiger partial charge in [-0.2, -0.15) is 0 Å². The summed E-state index contributed by atoms with van der Waals surface area (Å²) in [5.41, 5.74) is 24.0. The Morgan fingerprint density at radius 3 is 0.917 bits per heavy atom. The number of halogens is 2. The van der Waals surface area contributed by atoms with Crippen LogP contribution < -0.4 is 22.9 Å². The molecular formula is C6H8Br2N4. The van der Waals surface area contributed by atoms with Crippen molar-refractivity contribution in [1.29, 1.82) is 0 Å². The average Bonchev–Trinajstić information content (AvgIpc) is 2.08. The van der Waals surface area contributed by atoms with E-state index in [1.807, 2.05) is 0 Å². The number of nitrogen functional groups attached to an aromatic ring is 4. The summed E-state index contributed by atoms with van der Waals surface area (Å²) in [6, 6.07) is 0. The molecule has 12 heavy (non-hydrogen) atoms. The van der Waals surface area contributed by atoms with E-state index in [0.717, 1.165) is 0 Å². The van der Waals surface area contributed by atoms with Crippen LogP contribution >= 0.6 is 31.9 Å². The standard InChI is InChI=1S/C6H8Br2N4/c7-1-3(9)5(11)2(8)6(12)4(1)10/h9-12H2. The lowest BCUT2D eigenvalue weighted by atomic mass is 10.2. The third-order valence-electron chi connectivity index (χ3n) is 1.53. The van der Waals surface area contributed by atoms with E-state index in [0.29, 0.717) is 31.7 Å². The van der Waals surface area contributed by atoms with Crippen LogP contribution in [0.3, 0.4) is 0 Å². The summed E-state index contributed by atoms with van der Waals surface area (Å²) < 4.78 is 1.08. The highest BCUT2D eigenvalue weighted by Gasteiger charge is 2.13. The molecule has 0 radical (unpaired) electrons. The molecule has 0 aliphatic heterocycles. The average molecular weight is 296 g/mol. The van der Waals surface area contributed by atoms with Crippen LogP contribution in [0.4, 0.5) is 22.7 Å². The molecule has 0 aliphatic carbocycles. The number of hydrogen-bond acceptors (Lipinski definition) is 4. The maximum Gasteiger partial charge on any atom is 0.0726 e. The van der Waals surface area contributed by atoms with Crippen molar-refractivity contribution in [3.05, 3.63) is 8.95 Å². The van der Waals surface area contributed by atoms with Gasteiger partial charge >= 0.3 is 0 Å². The fourth-order valence-corrected chi connectivity index (χ4v) is 1.62. The van der Waals surface area contributed by atoms with Gasteiger partial charge in [0.1, 0.15) is 0 Å². The van der Waals surface area contributed by atoms with Crippen LogP contribution in [0.15, 0.2) is 8.95 Å². The Bertz CT molecular complexity index is 232. The fraction of sp³-hybridized carbons (Fsp3) is 0. The van der Waals surface area contributed by atoms with E-state index >= 15 is 0 Å². The minimum atomic E-state index is 0.397. The fourth-order valence-electron chi connectivity index (χ4n) is 0.763. The maximum absolute atomic E-state index is 5.61. The molecular weight excluding hydrogens is 288 g/mol. The van der Waals surface area contributed by atoms with Crippen LogP contribution in [0.1, 0.15) is 0 Å². The highest BCUT2D eigenvalue weighted by molar-refractivity contribution is 9.11. The lowest BCUT2D eigenvalue weighted by molar-refractivity contribution is 1.56. The molecule has 1 aromatic rings. The predicted octanol–water partition coefficient (Wildman–Crippen LogP) is 1.54. The van der Waals surface area contributed by atoms with E-state index in [-0.39, 0.29) is 0 Å². The Hall–Kier alpha value is -0.620. The first kappa shape index (κ1) is 9.47. The minimum absolute atomic E-state index is 0.397. The summed E-state index contributed by atoms with van der Waals surface area (Å²) in [4.78, 5) is 0. The second kappa shape index (κ2) is 3.02. The van der Waals surface area contributed by atoms with E-state index in [1.165, 1.54) is 0 Å². The number of anilines is 4. The van der Waals surface area contributed by atoms with Crippen molar-refractivity contribution in [2.75, 3.05) is 22.9 Å². The van der Waals surface area contributed by atoms with Crippen LogP contribution in [0.2, 0.25) is 0 Å². The van der Waals surface area contributed by atoms with E-state index < -0.39 is 0 Å². The smallest absolute Gasteiger partial charge is 0.0726 e. The molecule has 1 rings (SSSR count). The van der Waals surface area contributed by atoms with E-state index in [1.54, 1.807) is 0 Å². The summed E-state index contributed by atoms with van der Waals surface area (Å²) in [5, 5.41) is 0. The topological polar surface area (TPSA) is 104 Å². The van der Waals surface area contributed by atoms with Crippen LogP contribution in [0.25, 0.3) is 0 Å². The van der Waals surface area contributed by atoms with Gasteiger partial charge < -0.3 is 22.9 Å². The summed E-state index contributed by atoms with van der Waals surface area (Å²) >= 11 is 6.37. The Balaban J connectivity index is 3.60.